The Kier molecular flexibility index (Phi) is 6.35. The van der Waals surface area contributed by atoms with Crippen LogP contribution < -0.4 is 0 Å². The summed E-state index contributed by atoms with van der Waals surface area (Å²) in [6.45, 7) is 1.97. The molecule has 0 spiro atoms. The lowest BCUT2D eigenvalue weighted by Gasteiger charge is -2.26. The first-order valence-electron chi connectivity index (χ1n) is 9.37. The monoisotopic (exact) mass is 404 g/mol. The van der Waals surface area contributed by atoms with Gasteiger partial charge in [0.25, 0.3) is 0 Å². The van der Waals surface area contributed by atoms with Crippen LogP contribution in [0.2, 0.25) is 5.02 Å². The Bertz CT molecular complexity index is 857. The largest absolute Gasteiger partial charge is 0.463 e. The van der Waals surface area contributed by atoms with E-state index in [1.807, 2.05) is 6.07 Å². The number of benzene rings is 2. The third kappa shape index (κ3) is 4.53. The van der Waals surface area contributed by atoms with Gasteiger partial charge in [-0.15, -0.1) is 0 Å². The van der Waals surface area contributed by atoms with E-state index in [1.165, 1.54) is 12.1 Å². The molecule has 1 aliphatic carbocycles. The van der Waals surface area contributed by atoms with Gasteiger partial charge >= 0.3 is 11.9 Å². The lowest BCUT2D eigenvalue weighted by atomic mass is 10.0. The average Bonchev–Trinajstić information content (AvgIpc) is 3.14. The molecule has 0 atom stereocenters. The second-order valence-electron chi connectivity index (χ2n) is 6.89. The minimum atomic E-state index is -1.19. The van der Waals surface area contributed by atoms with Crippen molar-refractivity contribution >= 4 is 23.5 Å². The van der Waals surface area contributed by atoms with Crippen LogP contribution in [0.3, 0.4) is 0 Å². The Morgan fingerprint density at radius 1 is 1.07 bits per heavy atom. The molecule has 0 heterocycles. The molecule has 0 saturated heterocycles. The Balaban J connectivity index is 1.77. The summed E-state index contributed by atoms with van der Waals surface area (Å²) < 4.78 is 23.9. The smallest absolute Gasteiger partial charge is 0.350 e. The summed E-state index contributed by atoms with van der Waals surface area (Å²) in [7, 11) is 0. The van der Waals surface area contributed by atoms with Crippen molar-refractivity contribution in [3.05, 3.63) is 58.9 Å². The fourth-order valence-electron chi connectivity index (χ4n) is 3.50. The van der Waals surface area contributed by atoms with Crippen molar-refractivity contribution in [3.8, 4) is 11.1 Å². The number of carbonyl (C=O) groups is 2. The highest BCUT2D eigenvalue weighted by molar-refractivity contribution is 6.31. The number of hydrogen-bond donors (Lipinski definition) is 0. The summed E-state index contributed by atoms with van der Waals surface area (Å²) in [5, 5.41) is 0.430. The van der Waals surface area contributed by atoms with Gasteiger partial charge in [-0.1, -0.05) is 29.8 Å². The van der Waals surface area contributed by atoms with E-state index in [0.29, 0.717) is 23.4 Å². The Morgan fingerprint density at radius 3 is 2.36 bits per heavy atom. The molecule has 2 aromatic rings. The molecule has 0 aromatic heterocycles. The summed E-state index contributed by atoms with van der Waals surface area (Å²) in [6.07, 6.45) is 2.51. The van der Waals surface area contributed by atoms with Gasteiger partial charge in [-0.3, -0.25) is 4.79 Å². The zero-order chi connectivity index (χ0) is 20.1. The molecule has 0 N–H and O–H groups in total. The predicted octanol–water partition coefficient (Wildman–Crippen LogP) is 5.11. The number of carbonyl (C=O) groups excluding carboxylic acids is 2. The zero-order valence-electron chi connectivity index (χ0n) is 15.7. The van der Waals surface area contributed by atoms with Gasteiger partial charge in [-0.05, 0) is 73.6 Å². The van der Waals surface area contributed by atoms with Crippen LogP contribution in [-0.4, -0.2) is 24.1 Å². The van der Waals surface area contributed by atoms with Crippen LogP contribution in [0.25, 0.3) is 11.1 Å². The molecule has 0 aliphatic heterocycles. The highest BCUT2D eigenvalue weighted by atomic mass is 35.5. The van der Waals surface area contributed by atoms with Gasteiger partial charge in [0.05, 0.1) is 13.0 Å². The molecule has 148 valence electrons. The summed E-state index contributed by atoms with van der Waals surface area (Å²) in [5.41, 5.74) is 1.03. The number of halogens is 2. The average molecular weight is 405 g/mol. The van der Waals surface area contributed by atoms with Crippen LogP contribution in [-0.2, 0) is 25.5 Å². The summed E-state index contributed by atoms with van der Waals surface area (Å²) >= 11 is 6.26. The molecular weight excluding hydrogens is 383 g/mol. The van der Waals surface area contributed by atoms with Gasteiger partial charge in [-0.25, -0.2) is 9.18 Å². The van der Waals surface area contributed by atoms with Crippen molar-refractivity contribution in [1.29, 1.82) is 0 Å². The maximum absolute atomic E-state index is 13.1. The third-order valence-electron chi connectivity index (χ3n) is 4.93. The second kappa shape index (κ2) is 8.74. The summed E-state index contributed by atoms with van der Waals surface area (Å²) in [5.74, 6) is -1.32. The highest BCUT2D eigenvalue weighted by Crippen LogP contribution is 2.35. The maximum Gasteiger partial charge on any atom is 0.350 e. The molecule has 28 heavy (non-hydrogen) atoms. The Hall–Kier alpha value is -2.40. The van der Waals surface area contributed by atoms with E-state index in [-0.39, 0.29) is 18.8 Å². The molecule has 6 heteroatoms. The van der Waals surface area contributed by atoms with E-state index in [0.717, 1.165) is 24.0 Å². The van der Waals surface area contributed by atoms with Crippen molar-refractivity contribution in [2.24, 2.45) is 0 Å². The van der Waals surface area contributed by atoms with Crippen LogP contribution in [0.4, 0.5) is 4.39 Å². The molecule has 0 radical (unpaired) electrons. The van der Waals surface area contributed by atoms with E-state index in [4.69, 9.17) is 21.1 Å². The first-order chi connectivity index (χ1) is 13.4. The Morgan fingerprint density at radius 2 is 1.71 bits per heavy atom. The predicted molar refractivity (Wildman–Crippen MR) is 104 cm³/mol. The molecule has 0 amide bonds. The van der Waals surface area contributed by atoms with Crippen molar-refractivity contribution in [2.45, 2.75) is 44.6 Å². The van der Waals surface area contributed by atoms with Gasteiger partial charge in [0.15, 0.2) is 0 Å². The standard InChI is InChI=1S/C22H22ClFO4/c1-2-27-21(26)22(11-3-4-12-22)28-20(25)14-17-13-16(7-10-19(17)23)15-5-8-18(24)9-6-15/h5-10,13H,2-4,11-12,14H2,1H3. The van der Waals surface area contributed by atoms with Crippen molar-refractivity contribution in [3.63, 3.8) is 0 Å². The Labute approximate surface area is 168 Å². The number of esters is 2. The third-order valence-corrected chi connectivity index (χ3v) is 5.29. The molecule has 1 fully saturated rings. The summed E-state index contributed by atoms with van der Waals surface area (Å²) in [4.78, 5) is 24.9. The minimum Gasteiger partial charge on any atom is -0.463 e. The van der Waals surface area contributed by atoms with Gasteiger partial charge in [0.2, 0.25) is 5.60 Å². The fourth-order valence-corrected chi connectivity index (χ4v) is 3.68. The van der Waals surface area contributed by atoms with Crippen LogP contribution >= 0.6 is 11.6 Å². The molecule has 2 aromatic carbocycles. The van der Waals surface area contributed by atoms with Crippen molar-refractivity contribution in [1.82, 2.24) is 0 Å². The van der Waals surface area contributed by atoms with E-state index in [1.54, 1.807) is 31.2 Å². The quantitative estimate of drug-likeness (QED) is 0.628. The molecule has 1 saturated carbocycles. The number of hydrogen-bond acceptors (Lipinski definition) is 4. The minimum absolute atomic E-state index is 0.0605. The lowest BCUT2D eigenvalue weighted by Crippen LogP contribution is -2.42. The van der Waals surface area contributed by atoms with E-state index >= 15 is 0 Å². The van der Waals surface area contributed by atoms with Gasteiger partial charge in [0.1, 0.15) is 5.82 Å². The van der Waals surface area contributed by atoms with Crippen molar-refractivity contribution in [2.75, 3.05) is 6.61 Å². The van der Waals surface area contributed by atoms with Gasteiger partial charge in [0, 0.05) is 5.02 Å². The van der Waals surface area contributed by atoms with Gasteiger partial charge in [-0.2, -0.15) is 0 Å². The van der Waals surface area contributed by atoms with Gasteiger partial charge < -0.3 is 9.47 Å². The van der Waals surface area contributed by atoms with E-state index < -0.39 is 17.5 Å². The molecule has 1 aliphatic rings. The van der Waals surface area contributed by atoms with E-state index in [9.17, 15) is 14.0 Å². The van der Waals surface area contributed by atoms with E-state index in [2.05, 4.69) is 0 Å². The highest BCUT2D eigenvalue weighted by Gasteiger charge is 2.46. The molecule has 0 unspecified atom stereocenters. The number of ether oxygens (including phenoxy) is 2. The molecule has 3 rings (SSSR count). The SMILES string of the molecule is CCOC(=O)C1(OC(=O)Cc2cc(-c3ccc(F)cc3)ccc2Cl)CCCC1. The zero-order valence-corrected chi connectivity index (χ0v) is 16.4. The van der Waals surface area contributed by atoms with Crippen molar-refractivity contribution < 1.29 is 23.5 Å². The second-order valence-corrected chi connectivity index (χ2v) is 7.29. The molecule has 4 nitrogen and oxygen atoms in total. The first-order valence-corrected chi connectivity index (χ1v) is 9.75. The van der Waals surface area contributed by atoms with Crippen LogP contribution in [0.15, 0.2) is 42.5 Å². The lowest BCUT2D eigenvalue weighted by molar-refractivity contribution is -0.181. The molecule has 0 bridgehead atoms. The molecular formula is C22H22ClFO4. The number of rotatable bonds is 6. The van der Waals surface area contributed by atoms with Crippen LogP contribution in [0.1, 0.15) is 38.2 Å². The fraction of sp³-hybridized carbons (Fsp3) is 0.364. The first kappa shape index (κ1) is 20.3. The van der Waals surface area contributed by atoms with Crippen LogP contribution in [0.5, 0.6) is 0 Å². The normalized spacial score (nSPS) is 15.2. The summed E-state index contributed by atoms with van der Waals surface area (Å²) in [6, 6.07) is 11.4. The topological polar surface area (TPSA) is 52.6 Å². The maximum atomic E-state index is 13.1. The van der Waals surface area contributed by atoms with Crippen LogP contribution in [0, 0.1) is 5.82 Å².